The van der Waals surface area contributed by atoms with E-state index in [4.69, 9.17) is 9.47 Å². The number of nitrogens with two attached hydrogens (primary N) is 1. The second-order valence-electron chi connectivity index (χ2n) is 6.01. The number of hydrogen-bond donors (Lipinski definition) is 1. The fourth-order valence-electron chi connectivity index (χ4n) is 3.22. The van der Waals surface area contributed by atoms with Crippen LogP contribution in [0.1, 0.15) is 57.1 Å². The Labute approximate surface area is 134 Å². The van der Waals surface area contributed by atoms with E-state index in [1.807, 2.05) is 6.07 Å². The van der Waals surface area contributed by atoms with E-state index in [0.717, 1.165) is 17.9 Å². The van der Waals surface area contributed by atoms with E-state index in [-0.39, 0.29) is 0 Å². The van der Waals surface area contributed by atoms with Crippen molar-refractivity contribution in [3.05, 3.63) is 35.4 Å². The molecule has 3 nitrogen and oxygen atoms in total. The van der Waals surface area contributed by atoms with Crippen LogP contribution in [-0.4, -0.2) is 20.8 Å². The molecule has 2 N–H and O–H groups in total. The van der Waals surface area contributed by atoms with Gasteiger partial charge in [-0.2, -0.15) is 0 Å². The van der Waals surface area contributed by atoms with E-state index in [9.17, 15) is 0 Å². The van der Waals surface area contributed by atoms with Gasteiger partial charge in [-0.05, 0) is 43.9 Å². The zero-order valence-corrected chi connectivity index (χ0v) is 14.2. The molecule has 0 spiro atoms. The highest BCUT2D eigenvalue weighted by Crippen LogP contribution is 2.29. The number of quaternary nitrogens is 1. The fourth-order valence-corrected chi connectivity index (χ4v) is 3.22. The first kappa shape index (κ1) is 16.9. The Morgan fingerprint density at radius 2 is 1.95 bits per heavy atom. The predicted molar refractivity (Wildman–Crippen MR) is 90.5 cm³/mol. The maximum Gasteiger partial charge on any atom is 0.161 e. The average molecular weight is 304 g/mol. The highest BCUT2D eigenvalue weighted by Gasteiger charge is 2.15. The minimum atomic E-state index is 0.490. The third-order valence-corrected chi connectivity index (χ3v) is 4.58. The van der Waals surface area contributed by atoms with Gasteiger partial charge in [0, 0.05) is 18.4 Å². The van der Waals surface area contributed by atoms with Crippen LogP contribution in [0, 0.1) is 0 Å². The molecule has 0 aromatic heterocycles. The summed E-state index contributed by atoms with van der Waals surface area (Å²) in [6, 6.07) is 6.77. The predicted octanol–water partition coefficient (Wildman–Crippen LogP) is 3.61. The fraction of sp³-hybridized carbons (Fsp3) is 0.579. The average Bonchev–Trinajstić information content (AvgIpc) is 2.59. The van der Waals surface area contributed by atoms with Crippen molar-refractivity contribution in [1.82, 2.24) is 0 Å². The van der Waals surface area contributed by atoms with Gasteiger partial charge in [0.05, 0.1) is 20.8 Å². The lowest BCUT2D eigenvalue weighted by Gasteiger charge is -2.17. The molecule has 0 aliphatic heterocycles. The van der Waals surface area contributed by atoms with Crippen LogP contribution in [0.15, 0.2) is 29.8 Å². The monoisotopic (exact) mass is 304 g/mol. The van der Waals surface area contributed by atoms with E-state index in [1.165, 1.54) is 44.2 Å². The van der Waals surface area contributed by atoms with Gasteiger partial charge in [-0.3, -0.25) is 0 Å². The van der Waals surface area contributed by atoms with Crippen molar-refractivity contribution in [3.8, 4) is 11.5 Å². The highest BCUT2D eigenvalue weighted by molar-refractivity contribution is 5.43. The van der Waals surface area contributed by atoms with Crippen molar-refractivity contribution in [2.45, 2.75) is 51.5 Å². The summed E-state index contributed by atoms with van der Waals surface area (Å²) >= 11 is 0. The molecule has 2 rings (SSSR count). The molecule has 0 saturated carbocycles. The molecule has 22 heavy (non-hydrogen) atoms. The van der Waals surface area contributed by atoms with Crippen molar-refractivity contribution in [2.75, 3.05) is 20.8 Å². The lowest BCUT2D eigenvalue weighted by atomic mass is 9.97. The number of methoxy groups -OCH3 is 2. The molecule has 0 saturated heterocycles. The summed E-state index contributed by atoms with van der Waals surface area (Å²) < 4.78 is 10.7. The molecule has 122 valence electrons. The SMILES string of the molecule is CC[C@H]([NH2+]CCC1=CCCCC1)c1ccc(OC)c(OC)c1. The smallest absolute Gasteiger partial charge is 0.161 e. The topological polar surface area (TPSA) is 35.1 Å². The van der Waals surface area contributed by atoms with Crippen LogP contribution in [0.5, 0.6) is 11.5 Å². The standard InChI is InChI=1S/C19H29NO2/c1-4-17(20-13-12-15-8-6-5-7-9-15)16-10-11-18(21-2)19(14-16)22-3/h8,10-11,14,17,20H,4-7,9,12-13H2,1-3H3/p+1/t17-/m0/s1. The summed E-state index contributed by atoms with van der Waals surface area (Å²) in [6.45, 7) is 3.41. The molecule has 1 aromatic carbocycles. The molecule has 0 amide bonds. The van der Waals surface area contributed by atoms with Crippen molar-refractivity contribution < 1.29 is 14.8 Å². The van der Waals surface area contributed by atoms with Gasteiger partial charge in [-0.25, -0.2) is 0 Å². The zero-order valence-electron chi connectivity index (χ0n) is 14.2. The summed E-state index contributed by atoms with van der Waals surface area (Å²) in [5.74, 6) is 1.62. The molecular formula is C19H30NO2+. The van der Waals surface area contributed by atoms with Crippen LogP contribution in [0.2, 0.25) is 0 Å². The van der Waals surface area contributed by atoms with Crippen LogP contribution in [-0.2, 0) is 0 Å². The molecular weight excluding hydrogens is 274 g/mol. The Hall–Kier alpha value is -1.48. The van der Waals surface area contributed by atoms with E-state index < -0.39 is 0 Å². The molecule has 0 fully saturated rings. The van der Waals surface area contributed by atoms with Gasteiger partial charge in [0.25, 0.3) is 0 Å². The highest BCUT2D eigenvalue weighted by atomic mass is 16.5. The van der Waals surface area contributed by atoms with Gasteiger partial charge < -0.3 is 14.8 Å². The molecule has 1 atom stereocenters. The summed E-state index contributed by atoms with van der Waals surface area (Å²) in [5, 5.41) is 2.47. The Balaban J connectivity index is 1.94. The first-order chi connectivity index (χ1) is 10.8. The lowest BCUT2D eigenvalue weighted by Crippen LogP contribution is -2.85. The Bertz CT molecular complexity index is 496. The molecule has 0 unspecified atom stereocenters. The molecule has 0 bridgehead atoms. The van der Waals surface area contributed by atoms with Gasteiger partial charge in [-0.15, -0.1) is 0 Å². The Morgan fingerprint density at radius 1 is 1.14 bits per heavy atom. The van der Waals surface area contributed by atoms with E-state index in [2.05, 4.69) is 30.4 Å². The maximum atomic E-state index is 5.42. The maximum absolute atomic E-state index is 5.42. The number of allylic oxidation sites excluding steroid dienone is 1. The van der Waals surface area contributed by atoms with Gasteiger partial charge in [0.15, 0.2) is 11.5 Å². The molecule has 1 aliphatic carbocycles. The molecule has 0 heterocycles. The number of hydrogen-bond acceptors (Lipinski definition) is 2. The third-order valence-electron chi connectivity index (χ3n) is 4.58. The van der Waals surface area contributed by atoms with Gasteiger partial charge in [-0.1, -0.05) is 18.6 Å². The minimum absolute atomic E-state index is 0.490. The van der Waals surface area contributed by atoms with Crippen LogP contribution in [0.25, 0.3) is 0 Å². The summed E-state index contributed by atoms with van der Waals surface area (Å²) in [7, 11) is 3.38. The second-order valence-corrected chi connectivity index (χ2v) is 6.01. The van der Waals surface area contributed by atoms with Gasteiger partial charge in [0.1, 0.15) is 6.04 Å². The van der Waals surface area contributed by atoms with Crippen LogP contribution < -0.4 is 14.8 Å². The van der Waals surface area contributed by atoms with Crippen molar-refractivity contribution >= 4 is 0 Å². The Kier molecular flexibility index (Phi) is 6.78. The van der Waals surface area contributed by atoms with Crippen molar-refractivity contribution in [3.63, 3.8) is 0 Å². The second kappa shape index (κ2) is 8.84. The van der Waals surface area contributed by atoms with E-state index in [0.29, 0.717) is 6.04 Å². The summed E-state index contributed by atoms with van der Waals surface area (Å²) in [5.41, 5.74) is 2.97. The van der Waals surface area contributed by atoms with Crippen molar-refractivity contribution in [1.29, 1.82) is 0 Å². The van der Waals surface area contributed by atoms with Crippen LogP contribution >= 0.6 is 0 Å². The van der Waals surface area contributed by atoms with E-state index >= 15 is 0 Å². The Morgan fingerprint density at radius 3 is 2.59 bits per heavy atom. The van der Waals surface area contributed by atoms with Gasteiger partial charge >= 0.3 is 0 Å². The normalized spacial score (nSPS) is 16.0. The number of ether oxygens (including phenoxy) is 2. The largest absolute Gasteiger partial charge is 0.493 e. The summed E-state index contributed by atoms with van der Waals surface area (Å²) in [6.07, 6.45) is 10.1. The van der Waals surface area contributed by atoms with E-state index in [1.54, 1.807) is 19.8 Å². The lowest BCUT2D eigenvalue weighted by molar-refractivity contribution is -0.695. The van der Waals surface area contributed by atoms with Crippen molar-refractivity contribution in [2.24, 2.45) is 0 Å². The van der Waals surface area contributed by atoms with Crippen LogP contribution in [0.3, 0.4) is 0 Å². The molecule has 3 heteroatoms. The van der Waals surface area contributed by atoms with Crippen LogP contribution in [0.4, 0.5) is 0 Å². The number of benzene rings is 1. The quantitative estimate of drug-likeness (QED) is 0.745. The minimum Gasteiger partial charge on any atom is -0.493 e. The molecule has 0 radical (unpaired) electrons. The molecule has 1 aromatic rings. The first-order valence-electron chi connectivity index (χ1n) is 8.51. The first-order valence-corrected chi connectivity index (χ1v) is 8.51. The van der Waals surface area contributed by atoms with Gasteiger partial charge in [0.2, 0.25) is 0 Å². The third kappa shape index (κ3) is 4.51. The number of rotatable bonds is 8. The summed E-state index contributed by atoms with van der Waals surface area (Å²) in [4.78, 5) is 0. The molecule has 1 aliphatic rings. The zero-order chi connectivity index (χ0) is 15.8.